The van der Waals surface area contributed by atoms with Crippen molar-refractivity contribution in [1.82, 2.24) is 10.2 Å². The van der Waals surface area contributed by atoms with Crippen LogP contribution in [-0.4, -0.2) is 43.5 Å². The number of carbonyl (C=O) groups is 2. The summed E-state index contributed by atoms with van der Waals surface area (Å²) in [6, 6.07) is 5.29. The third kappa shape index (κ3) is 3.03. The smallest absolute Gasteiger partial charge is 0.340 e. The van der Waals surface area contributed by atoms with Crippen molar-refractivity contribution in [2.75, 3.05) is 32.5 Å². The maximum atomic E-state index is 11.8. The van der Waals surface area contributed by atoms with E-state index in [9.17, 15) is 9.59 Å². The molecule has 0 radical (unpaired) electrons. The molecule has 1 aliphatic rings. The van der Waals surface area contributed by atoms with Gasteiger partial charge in [0.05, 0.1) is 19.2 Å². The van der Waals surface area contributed by atoms with Gasteiger partial charge < -0.3 is 15.8 Å². The van der Waals surface area contributed by atoms with Gasteiger partial charge in [-0.3, -0.25) is 9.69 Å². The molecule has 1 saturated heterocycles. The number of anilines is 1. The van der Waals surface area contributed by atoms with E-state index < -0.39 is 5.97 Å². The predicted molar refractivity (Wildman–Crippen MR) is 70.5 cm³/mol. The Hall–Kier alpha value is -2.08. The molecule has 2 rings (SSSR count). The van der Waals surface area contributed by atoms with E-state index in [0.717, 1.165) is 12.1 Å². The average molecular weight is 263 g/mol. The van der Waals surface area contributed by atoms with E-state index in [1.165, 1.54) is 7.11 Å². The van der Waals surface area contributed by atoms with E-state index in [4.69, 9.17) is 10.5 Å². The van der Waals surface area contributed by atoms with Gasteiger partial charge in [0.15, 0.2) is 0 Å². The first-order chi connectivity index (χ1) is 9.11. The van der Waals surface area contributed by atoms with Crippen molar-refractivity contribution in [2.45, 2.75) is 6.54 Å². The first-order valence-electron chi connectivity index (χ1n) is 6.06. The third-order valence-electron chi connectivity index (χ3n) is 3.08. The molecule has 1 fully saturated rings. The number of esters is 1. The van der Waals surface area contributed by atoms with Crippen molar-refractivity contribution in [3.05, 3.63) is 29.3 Å². The van der Waals surface area contributed by atoms with Crippen LogP contribution in [0.5, 0.6) is 0 Å². The highest BCUT2D eigenvalue weighted by Gasteiger charge is 2.20. The summed E-state index contributed by atoms with van der Waals surface area (Å²) >= 11 is 0. The summed E-state index contributed by atoms with van der Waals surface area (Å²) < 4.78 is 4.75. The van der Waals surface area contributed by atoms with Gasteiger partial charge in [0.1, 0.15) is 0 Å². The summed E-state index contributed by atoms with van der Waals surface area (Å²) in [5, 5.41) is 2.76. The van der Waals surface area contributed by atoms with Gasteiger partial charge in [-0.25, -0.2) is 4.79 Å². The van der Waals surface area contributed by atoms with Gasteiger partial charge >= 0.3 is 5.97 Å². The second kappa shape index (κ2) is 5.71. The number of ether oxygens (including phenoxy) is 1. The van der Waals surface area contributed by atoms with Crippen molar-refractivity contribution >= 4 is 17.6 Å². The van der Waals surface area contributed by atoms with E-state index in [1.54, 1.807) is 12.1 Å². The highest BCUT2D eigenvalue weighted by molar-refractivity contribution is 5.96. The zero-order valence-corrected chi connectivity index (χ0v) is 10.8. The second-order valence-electron chi connectivity index (χ2n) is 4.43. The number of benzene rings is 1. The van der Waals surface area contributed by atoms with Crippen LogP contribution in [0.2, 0.25) is 0 Å². The van der Waals surface area contributed by atoms with Crippen LogP contribution in [0.1, 0.15) is 15.9 Å². The zero-order chi connectivity index (χ0) is 13.8. The molecule has 0 bridgehead atoms. The van der Waals surface area contributed by atoms with E-state index in [2.05, 4.69) is 5.32 Å². The van der Waals surface area contributed by atoms with Crippen LogP contribution in [-0.2, 0) is 16.1 Å². The first-order valence-corrected chi connectivity index (χ1v) is 6.06. The Balaban J connectivity index is 2.22. The maximum Gasteiger partial charge on any atom is 0.340 e. The summed E-state index contributed by atoms with van der Waals surface area (Å²) in [7, 11) is 1.33. The van der Waals surface area contributed by atoms with Crippen molar-refractivity contribution < 1.29 is 14.3 Å². The fourth-order valence-electron chi connectivity index (χ4n) is 2.17. The molecule has 0 aromatic heterocycles. The molecular formula is C13H17N3O3. The van der Waals surface area contributed by atoms with Crippen LogP contribution in [0.3, 0.4) is 0 Å². The molecule has 6 heteroatoms. The fourth-order valence-corrected chi connectivity index (χ4v) is 2.17. The molecule has 19 heavy (non-hydrogen) atoms. The topological polar surface area (TPSA) is 84.7 Å². The summed E-state index contributed by atoms with van der Waals surface area (Å²) in [6.07, 6.45) is 0. The Morgan fingerprint density at radius 1 is 1.53 bits per heavy atom. The minimum absolute atomic E-state index is 0.00484. The molecule has 1 amide bonds. The van der Waals surface area contributed by atoms with E-state index in [0.29, 0.717) is 30.9 Å². The molecule has 1 aromatic carbocycles. The number of nitrogen functional groups attached to an aromatic ring is 1. The lowest BCUT2D eigenvalue weighted by molar-refractivity contribution is -0.124. The number of hydrogen-bond acceptors (Lipinski definition) is 5. The van der Waals surface area contributed by atoms with Gasteiger partial charge in [0.25, 0.3) is 0 Å². The lowest BCUT2D eigenvalue weighted by Gasteiger charge is -2.27. The number of amides is 1. The molecule has 0 unspecified atom stereocenters. The van der Waals surface area contributed by atoms with Gasteiger partial charge in [-0.05, 0) is 11.6 Å². The Morgan fingerprint density at radius 3 is 3.00 bits per heavy atom. The molecule has 0 atom stereocenters. The maximum absolute atomic E-state index is 11.8. The van der Waals surface area contributed by atoms with Crippen LogP contribution >= 0.6 is 0 Å². The lowest BCUT2D eigenvalue weighted by Crippen LogP contribution is -2.47. The molecule has 1 aliphatic heterocycles. The molecule has 1 heterocycles. The quantitative estimate of drug-likeness (QED) is 0.591. The Labute approximate surface area is 111 Å². The molecular weight excluding hydrogens is 246 g/mol. The number of nitrogens with one attached hydrogen (secondary N) is 1. The normalized spacial score (nSPS) is 15.9. The molecule has 0 aliphatic carbocycles. The standard InChI is InChI=1S/C13H17N3O3/c1-19-13(18)12-9(3-2-4-10(12)14)7-16-6-5-15-11(17)8-16/h2-4H,5-8,14H2,1H3,(H,15,17). The Bertz CT molecular complexity index is 502. The summed E-state index contributed by atoms with van der Waals surface area (Å²) in [5.41, 5.74) is 7.39. The summed E-state index contributed by atoms with van der Waals surface area (Å²) in [4.78, 5) is 25.1. The van der Waals surface area contributed by atoms with E-state index in [1.807, 2.05) is 11.0 Å². The van der Waals surface area contributed by atoms with Gasteiger partial charge in [-0.1, -0.05) is 12.1 Å². The minimum atomic E-state index is -0.449. The monoisotopic (exact) mass is 263 g/mol. The minimum Gasteiger partial charge on any atom is -0.465 e. The molecule has 1 aromatic rings. The second-order valence-corrected chi connectivity index (χ2v) is 4.43. The van der Waals surface area contributed by atoms with E-state index >= 15 is 0 Å². The zero-order valence-electron chi connectivity index (χ0n) is 10.8. The number of nitrogens with two attached hydrogens (primary N) is 1. The average Bonchev–Trinajstić information content (AvgIpc) is 2.38. The molecule has 3 N–H and O–H groups in total. The van der Waals surface area contributed by atoms with Crippen LogP contribution in [0.25, 0.3) is 0 Å². The van der Waals surface area contributed by atoms with Crippen molar-refractivity contribution in [3.63, 3.8) is 0 Å². The highest BCUT2D eigenvalue weighted by atomic mass is 16.5. The highest BCUT2D eigenvalue weighted by Crippen LogP contribution is 2.20. The van der Waals surface area contributed by atoms with Crippen molar-refractivity contribution in [3.8, 4) is 0 Å². The van der Waals surface area contributed by atoms with Gasteiger partial charge in [0, 0.05) is 25.3 Å². The SMILES string of the molecule is COC(=O)c1c(N)cccc1CN1CCNC(=O)C1. The first kappa shape index (κ1) is 13.4. The number of methoxy groups -OCH3 is 1. The Kier molecular flexibility index (Phi) is 4.01. The third-order valence-corrected chi connectivity index (χ3v) is 3.08. The molecule has 0 spiro atoms. The number of carbonyl (C=O) groups excluding carboxylic acids is 2. The molecule has 6 nitrogen and oxygen atoms in total. The largest absolute Gasteiger partial charge is 0.465 e. The van der Waals surface area contributed by atoms with Crippen molar-refractivity contribution in [2.24, 2.45) is 0 Å². The number of hydrogen-bond donors (Lipinski definition) is 2. The van der Waals surface area contributed by atoms with Crippen LogP contribution < -0.4 is 11.1 Å². The molecule has 0 saturated carbocycles. The van der Waals surface area contributed by atoms with Crippen LogP contribution in [0.4, 0.5) is 5.69 Å². The number of piperazine rings is 1. The molecule has 102 valence electrons. The lowest BCUT2D eigenvalue weighted by atomic mass is 10.0. The van der Waals surface area contributed by atoms with Crippen LogP contribution in [0.15, 0.2) is 18.2 Å². The van der Waals surface area contributed by atoms with E-state index in [-0.39, 0.29) is 5.91 Å². The number of nitrogens with zero attached hydrogens (tertiary/aromatic N) is 1. The number of rotatable bonds is 3. The van der Waals surface area contributed by atoms with Gasteiger partial charge in [-0.2, -0.15) is 0 Å². The van der Waals surface area contributed by atoms with Gasteiger partial charge in [-0.15, -0.1) is 0 Å². The predicted octanol–water partition coefficient (Wildman–Crippen LogP) is -0.0128. The Morgan fingerprint density at radius 2 is 2.32 bits per heavy atom. The van der Waals surface area contributed by atoms with Crippen molar-refractivity contribution in [1.29, 1.82) is 0 Å². The van der Waals surface area contributed by atoms with Crippen LogP contribution in [0, 0.1) is 0 Å². The summed E-state index contributed by atoms with van der Waals surface area (Å²) in [6.45, 7) is 2.20. The fraction of sp³-hybridized carbons (Fsp3) is 0.385. The van der Waals surface area contributed by atoms with Gasteiger partial charge in [0.2, 0.25) is 5.91 Å². The summed E-state index contributed by atoms with van der Waals surface area (Å²) in [5.74, 6) is -0.454.